The Bertz CT molecular complexity index is 189. The molecule has 0 bridgehead atoms. The van der Waals surface area contributed by atoms with E-state index in [4.69, 9.17) is 5.11 Å². The molecule has 0 aromatic carbocycles. The van der Waals surface area contributed by atoms with Crippen LogP contribution in [0.2, 0.25) is 0 Å². The molecular weight excluding hydrogens is 180 g/mol. The molecule has 0 aliphatic carbocycles. The van der Waals surface area contributed by atoms with Gasteiger partial charge in [-0.15, -0.1) is 0 Å². The van der Waals surface area contributed by atoms with E-state index >= 15 is 0 Å². The molecular formula is C10H20N2O2. The monoisotopic (exact) mass is 200 g/mol. The second kappa shape index (κ2) is 5.32. The maximum atomic E-state index is 10.5. The van der Waals surface area contributed by atoms with Gasteiger partial charge in [0.1, 0.15) is 0 Å². The smallest absolute Gasteiger partial charge is 0.317 e. The lowest BCUT2D eigenvalue weighted by atomic mass is 9.97. The van der Waals surface area contributed by atoms with Crippen LogP contribution in [-0.4, -0.2) is 61.2 Å². The van der Waals surface area contributed by atoms with Crippen LogP contribution in [0.4, 0.5) is 0 Å². The summed E-state index contributed by atoms with van der Waals surface area (Å²) in [5.41, 5.74) is 0. The van der Waals surface area contributed by atoms with E-state index in [-0.39, 0.29) is 6.54 Å². The van der Waals surface area contributed by atoms with Crippen molar-refractivity contribution < 1.29 is 9.90 Å². The molecule has 1 rings (SSSR count). The number of nitrogens with zero attached hydrogens (tertiary/aromatic N) is 2. The molecule has 1 fully saturated rings. The molecule has 0 amide bonds. The first kappa shape index (κ1) is 11.5. The van der Waals surface area contributed by atoms with Crippen LogP contribution in [0.25, 0.3) is 0 Å². The summed E-state index contributed by atoms with van der Waals surface area (Å²) in [6.07, 6.45) is 2.39. The Labute approximate surface area is 85.5 Å². The zero-order valence-electron chi connectivity index (χ0n) is 9.07. The third kappa shape index (κ3) is 4.07. The van der Waals surface area contributed by atoms with Crippen LogP contribution in [0, 0.1) is 5.92 Å². The molecule has 82 valence electrons. The van der Waals surface area contributed by atoms with Crippen molar-refractivity contribution in [3.63, 3.8) is 0 Å². The van der Waals surface area contributed by atoms with E-state index in [2.05, 4.69) is 11.9 Å². The molecule has 0 unspecified atom stereocenters. The molecule has 1 saturated heterocycles. The topological polar surface area (TPSA) is 43.8 Å². The Balaban J connectivity index is 2.20. The van der Waals surface area contributed by atoms with Gasteiger partial charge in [-0.1, -0.05) is 0 Å². The van der Waals surface area contributed by atoms with E-state index in [1.165, 1.54) is 12.8 Å². The normalized spacial score (nSPS) is 20.2. The summed E-state index contributed by atoms with van der Waals surface area (Å²) >= 11 is 0. The Kier molecular flexibility index (Phi) is 4.35. The molecule has 14 heavy (non-hydrogen) atoms. The summed E-state index contributed by atoms with van der Waals surface area (Å²) in [6, 6.07) is 0. The molecule has 0 radical (unpaired) electrons. The highest BCUT2D eigenvalue weighted by atomic mass is 16.4. The number of carbonyl (C=O) groups is 1. The molecule has 0 atom stereocenters. The number of likely N-dealkylation sites (N-methyl/N-ethyl adjacent to an activating group) is 1. The van der Waals surface area contributed by atoms with Gasteiger partial charge in [0, 0.05) is 6.54 Å². The van der Waals surface area contributed by atoms with Crippen LogP contribution in [-0.2, 0) is 4.79 Å². The Morgan fingerprint density at radius 3 is 2.57 bits per heavy atom. The number of carboxylic acids is 1. The summed E-state index contributed by atoms with van der Waals surface area (Å²) in [6.45, 7) is 3.36. The van der Waals surface area contributed by atoms with Crippen molar-refractivity contribution in [2.24, 2.45) is 5.92 Å². The van der Waals surface area contributed by atoms with E-state index in [1.807, 2.05) is 11.9 Å². The van der Waals surface area contributed by atoms with Gasteiger partial charge in [0.05, 0.1) is 6.54 Å². The molecule has 4 nitrogen and oxygen atoms in total. The van der Waals surface area contributed by atoms with Gasteiger partial charge in [-0.25, -0.2) is 0 Å². The van der Waals surface area contributed by atoms with Gasteiger partial charge in [-0.05, 0) is 45.9 Å². The van der Waals surface area contributed by atoms with Crippen molar-refractivity contribution in [3.8, 4) is 0 Å². The fraction of sp³-hybridized carbons (Fsp3) is 0.900. The van der Waals surface area contributed by atoms with Gasteiger partial charge in [0.25, 0.3) is 0 Å². The summed E-state index contributed by atoms with van der Waals surface area (Å²) in [5, 5.41) is 8.61. The van der Waals surface area contributed by atoms with Gasteiger partial charge >= 0.3 is 5.97 Å². The maximum Gasteiger partial charge on any atom is 0.317 e. The second-order valence-corrected chi connectivity index (χ2v) is 4.34. The largest absolute Gasteiger partial charge is 0.480 e. The second-order valence-electron chi connectivity index (χ2n) is 4.34. The zero-order chi connectivity index (χ0) is 10.6. The number of hydrogen-bond donors (Lipinski definition) is 1. The first-order chi connectivity index (χ1) is 6.58. The highest BCUT2D eigenvalue weighted by Gasteiger charge is 2.18. The minimum atomic E-state index is -0.736. The number of carboxylic acid groups (broad SMARTS) is 1. The van der Waals surface area contributed by atoms with E-state index < -0.39 is 5.97 Å². The minimum Gasteiger partial charge on any atom is -0.480 e. The first-order valence-corrected chi connectivity index (χ1v) is 5.17. The predicted molar refractivity (Wildman–Crippen MR) is 55.4 cm³/mol. The minimum absolute atomic E-state index is 0.159. The van der Waals surface area contributed by atoms with Gasteiger partial charge in [-0.2, -0.15) is 0 Å². The average molecular weight is 200 g/mol. The third-order valence-electron chi connectivity index (χ3n) is 2.81. The van der Waals surface area contributed by atoms with E-state index in [0.29, 0.717) is 5.92 Å². The first-order valence-electron chi connectivity index (χ1n) is 5.17. The van der Waals surface area contributed by atoms with Gasteiger partial charge in [0.15, 0.2) is 0 Å². The molecule has 1 aliphatic heterocycles. The van der Waals surface area contributed by atoms with Crippen LogP contribution in [0.5, 0.6) is 0 Å². The van der Waals surface area contributed by atoms with E-state index in [9.17, 15) is 4.79 Å². The Morgan fingerprint density at radius 2 is 2.07 bits per heavy atom. The van der Waals surface area contributed by atoms with Crippen molar-refractivity contribution in [2.75, 3.05) is 40.3 Å². The standard InChI is InChI=1S/C10H20N2O2/c1-11-5-3-9(4-6-11)7-12(2)8-10(13)14/h9H,3-8H2,1-2H3,(H,13,14). The number of hydrogen-bond acceptors (Lipinski definition) is 3. The van der Waals surface area contributed by atoms with Crippen LogP contribution >= 0.6 is 0 Å². The van der Waals surface area contributed by atoms with Gasteiger partial charge in [-0.3, -0.25) is 9.69 Å². The van der Waals surface area contributed by atoms with Crippen molar-refractivity contribution in [2.45, 2.75) is 12.8 Å². The summed E-state index contributed by atoms with van der Waals surface area (Å²) in [7, 11) is 4.02. The van der Waals surface area contributed by atoms with Crippen LogP contribution in [0.3, 0.4) is 0 Å². The fourth-order valence-electron chi connectivity index (χ4n) is 1.98. The van der Waals surface area contributed by atoms with Crippen molar-refractivity contribution in [1.29, 1.82) is 0 Å². The van der Waals surface area contributed by atoms with Crippen LogP contribution in [0.1, 0.15) is 12.8 Å². The predicted octanol–water partition coefficient (Wildman–Crippen LogP) is 0.345. The van der Waals surface area contributed by atoms with E-state index in [1.54, 1.807) is 0 Å². The van der Waals surface area contributed by atoms with Crippen molar-refractivity contribution in [1.82, 2.24) is 9.80 Å². The highest BCUT2D eigenvalue weighted by molar-refractivity contribution is 5.68. The third-order valence-corrected chi connectivity index (χ3v) is 2.81. The lowest BCUT2D eigenvalue weighted by Crippen LogP contribution is -2.37. The molecule has 1 aliphatic rings. The molecule has 4 heteroatoms. The average Bonchev–Trinajstić information content (AvgIpc) is 2.07. The number of aliphatic carboxylic acids is 1. The van der Waals surface area contributed by atoms with Gasteiger partial charge < -0.3 is 10.0 Å². The molecule has 0 aromatic rings. The maximum absolute atomic E-state index is 10.5. The summed E-state index contributed by atoms with van der Waals surface area (Å²) in [4.78, 5) is 14.7. The molecule has 0 saturated carbocycles. The number of piperidine rings is 1. The lowest BCUT2D eigenvalue weighted by molar-refractivity contribution is -0.138. The number of rotatable bonds is 4. The molecule has 1 N–H and O–H groups in total. The lowest BCUT2D eigenvalue weighted by Gasteiger charge is -2.31. The van der Waals surface area contributed by atoms with Crippen LogP contribution < -0.4 is 0 Å². The molecule has 0 spiro atoms. The van der Waals surface area contributed by atoms with Crippen molar-refractivity contribution in [3.05, 3.63) is 0 Å². The SMILES string of the molecule is CN1CCC(CN(C)CC(=O)O)CC1. The van der Waals surface area contributed by atoms with E-state index in [0.717, 1.165) is 19.6 Å². The van der Waals surface area contributed by atoms with Crippen molar-refractivity contribution >= 4 is 5.97 Å². The quantitative estimate of drug-likeness (QED) is 0.711. The summed E-state index contributed by atoms with van der Waals surface area (Å²) in [5.74, 6) is -0.0593. The highest BCUT2D eigenvalue weighted by Crippen LogP contribution is 2.16. The summed E-state index contributed by atoms with van der Waals surface area (Å²) < 4.78 is 0. The van der Waals surface area contributed by atoms with Gasteiger partial charge in [0.2, 0.25) is 0 Å². The Hall–Kier alpha value is -0.610. The number of likely N-dealkylation sites (tertiary alicyclic amines) is 1. The molecule has 1 heterocycles. The Morgan fingerprint density at radius 1 is 1.50 bits per heavy atom. The molecule has 0 aromatic heterocycles. The van der Waals surface area contributed by atoms with Crippen LogP contribution in [0.15, 0.2) is 0 Å². The zero-order valence-corrected chi connectivity index (χ0v) is 9.07. The fourth-order valence-corrected chi connectivity index (χ4v) is 1.98.